The summed E-state index contributed by atoms with van der Waals surface area (Å²) in [5.74, 6) is 1.54. The van der Waals surface area contributed by atoms with Gasteiger partial charge in [-0.1, -0.05) is 0 Å². The number of hydrogen-bond donors (Lipinski definition) is 2. The van der Waals surface area contributed by atoms with Gasteiger partial charge < -0.3 is 10.4 Å². The number of rotatable bonds is 4. The van der Waals surface area contributed by atoms with E-state index in [0.717, 1.165) is 59.9 Å². The molecule has 148 valence electrons. The molecule has 29 heavy (non-hydrogen) atoms. The van der Waals surface area contributed by atoms with Crippen LogP contribution in [0.1, 0.15) is 31.4 Å². The number of fused-ring (bicyclic) bond motifs is 1. The van der Waals surface area contributed by atoms with Crippen LogP contribution >= 0.6 is 0 Å². The molecular formula is C21H23N7O. The van der Waals surface area contributed by atoms with Crippen LogP contribution in [0.5, 0.6) is 0 Å². The maximum Gasteiger partial charge on any atom is 0.166 e. The Morgan fingerprint density at radius 2 is 2.07 bits per heavy atom. The number of aliphatic hydroxyl groups excluding tert-OH is 1. The van der Waals surface area contributed by atoms with Crippen LogP contribution in [-0.4, -0.2) is 46.6 Å². The monoisotopic (exact) mass is 389 g/mol. The summed E-state index contributed by atoms with van der Waals surface area (Å²) in [6, 6.07) is 10.0. The highest BCUT2D eigenvalue weighted by Gasteiger charge is 2.20. The molecule has 5 rings (SSSR count). The minimum atomic E-state index is -0.225. The van der Waals surface area contributed by atoms with Crippen LogP contribution in [0.25, 0.3) is 22.7 Å². The van der Waals surface area contributed by atoms with Crippen molar-refractivity contribution >= 4 is 17.0 Å². The molecule has 1 fully saturated rings. The molecule has 0 saturated heterocycles. The standard InChI is InChI=1S/C21H23N7O/c1-14-8-10-28(26-14)20-12-16(7-9-22-20)27-13-23-18-5-6-19(25-21(18)27)24-15-3-2-4-17(29)11-15/h5-10,12-13,15,17,29H,2-4,11H2,1H3,(H,24,25)/t15-,17-/m0/s1. The first-order chi connectivity index (χ1) is 14.2. The summed E-state index contributed by atoms with van der Waals surface area (Å²) in [4.78, 5) is 13.7. The number of anilines is 1. The van der Waals surface area contributed by atoms with Crippen molar-refractivity contribution in [3.05, 3.63) is 54.7 Å². The highest BCUT2D eigenvalue weighted by Crippen LogP contribution is 2.24. The van der Waals surface area contributed by atoms with Crippen LogP contribution in [-0.2, 0) is 0 Å². The summed E-state index contributed by atoms with van der Waals surface area (Å²) < 4.78 is 3.71. The van der Waals surface area contributed by atoms with Crippen molar-refractivity contribution in [1.82, 2.24) is 29.3 Å². The van der Waals surface area contributed by atoms with Gasteiger partial charge in [0.25, 0.3) is 0 Å². The van der Waals surface area contributed by atoms with E-state index in [1.165, 1.54) is 0 Å². The summed E-state index contributed by atoms with van der Waals surface area (Å²) in [6.07, 6.45) is 8.94. The van der Waals surface area contributed by atoms with Gasteiger partial charge in [-0.15, -0.1) is 0 Å². The fourth-order valence-electron chi connectivity index (χ4n) is 3.89. The van der Waals surface area contributed by atoms with E-state index in [0.29, 0.717) is 0 Å². The Labute approximate surface area is 168 Å². The summed E-state index contributed by atoms with van der Waals surface area (Å²) in [7, 11) is 0. The SMILES string of the molecule is Cc1ccn(-c2cc(-n3cnc4ccc(N[C@H]5CCC[C@H](O)C5)nc43)ccn2)n1. The second kappa shape index (κ2) is 7.29. The summed E-state index contributed by atoms with van der Waals surface area (Å²) in [6.45, 7) is 1.95. The lowest BCUT2D eigenvalue weighted by Crippen LogP contribution is -2.30. The summed E-state index contributed by atoms with van der Waals surface area (Å²) in [5, 5.41) is 17.8. The average molecular weight is 389 g/mol. The van der Waals surface area contributed by atoms with Gasteiger partial charge in [-0.2, -0.15) is 5.10 Å². The Kier molecular flexibility index (Phi) is 4.48. The van der Waals surface area contributed by atoms with Gasteiger partial charge in [0, 0.05) is 24.5 Å². The van der Waals surface area contributed by atoms with E-state index >= 15 is 0 Å². The Hall–Kier alpha value is -3.26. The molecule has 1 aliphatic rings. The first-order valence-corrected chi connectivity index (χ1v) is 9.93. The number of aryl methyl sites for hydroxylation is 1. The maximum atomic E-state index is 9.92. The fraction of sp³-hybridized carbons (Fsp3) is 0.333. The van der Waals surface area contributed by atoms with E-state index in [4.69, 9.17) is 4.98 Å². The molecule has 0 spiro atoms. The van der Waals surface area contributed by atoms with Crippen LogP contribution in [0, 0.1) is 6.92 Å². The Balaban J connectivity index is 1.47. The lowest BCUT2D eigenvalue weighted by molar-refractivity contribution is 0.124. The van der Waals surface area contributed by atoms with Crippen molar-refractivity contribution in [1.29, 1.82) is 0 Å². The van der Waals surface area contributed by atoms with Gasteiger partial charge in [0.1, 0.15) is 17.7 Å². The molecule has 0 unspecified atom stereocenters. The Morgan fingerprint density at radius 1 is 1.14 bits per heavy atom. The van der Waals surface area contributed by atoms with Crippen molar-refractivity contribution in [3.63, 3.8) is 0 Å². The third kappa shape index (κ3) is 3.58. The molecule has 0 bridgehead atoms. The topological polar surface area (TPSA) is 93.7 Å². The van der Waals surface area contributed by atoms with E-state index in [1.54, 1.807) is 17.2 Å². The molecule has 8 nitrogen and oxygen atoms in total. The smallest absolute Gasteiger partial charge is 0.166 e. The highest BCUT2D eigenvalue weighted by molar-refractivity contribution is 5.75. The van der Waals surface area contributed by atoms with Gasteiger partial charge in [-0.3, -0.25) is 4.57 Å². The number of nitrogens with zero attached hydrogens (tertiary/aromatic N) is 6. The van der Waals surface area contributed by atoms with Crippen LogP contribution in [0.2, 0.25) is 0 Å². The molecule has 0 aromatic carbocycles. The molecule has 4 aromatic heterocycles. The second-order valence-electron chi connectivity index (χ2n) is 7.59. The van der Waals surface area contributed by atoms with Gasteiger partial charge in [-0.05, 0) is 56.9 Å². The molecule has 4 aromatic rings. The van der Waals surface area contributed by atoms with Gasteiger partial charge in [0.05, 0.1) is 17.5 Å². The van der Waals surface area contributed by atoms with Crippen molar-refractivity contribution in [3.8, 4) is 11.5 Å². The molecule has 0 amide bonds. The summed E-state index contributed by atoms with van der Waals surface area (Å²) >= 11 is 0. The maximum absolute atomic E-state index is 9.92. The van der Waals surface area contributed by atoms with Crippen LogP contribution < -0.4 is 5.32 Å². The van der Waals surface area contributed by atoms with Crippen LogP contribution in [0.3, 0.4) is 0 Å². The normalized spacial score (nSPS) is 19.5. The number of pyridine rings is 2. The van der Waals surface area contributed by atoms with Gasteiger partial charge >= 0.3 is 0 Å². The van der Waals surface area contributed by atoms with Gasteiger partial charge in [-0.25, -0.2) is 19.6 Å². The van der Waals surface area contributed by atoms with E-state index in [-0.39, 0.29) is 12.1 Å². The number of imidazole rings is 1. The summed E-state index contributed by atoms with van der Waals surface area (Å²) in [5.41, 5.74) is 3.46. The predicted octanol–water partition coefficient (Wildman–Crippen LogP) is 3.03. The quantitative estimate of drug-likeness (QED) is 0.557. The van der Waals surface area contributed by atoms with Crippen LogP contribution in [0.4, 0.5) is 5.82 Å². The molecular weight excluding hydrogens is 366 g/mol. The second-order valence-corrected chi connectivity index (χ2v) is 7.59. The lowest BCUT2D eigenvalue weighted by Gasteiger charge is -2.27. The molecule has 1 saturated carbocycles. The van der Waals surface area contributed by atoms with E-state index < -0.39 is 0 Å². The third-order valence-electron chi connectivity index (χ3n) is 5.36. The van der Waals surface area contributed by atoms with E-state index in [9.17, 15) is 5.11 Å². The molecule has 8 heteroatoms. The molecule has 4 heterocycles. The van der Waals surface area contributed by atoms with Gasteiger partial charge in [0.15, 0.2) is 11.5 Å². The zero-order valence-corrected chi connectivity index (χ0v) is 16.2. The minimum Gasteiger partial charge on any atom is -0.393 e. The zero-order valence-electron chi connectivity index (χ0n) is 16.2. The zero-order chi connectivity index (χ0) is 19.8. The van der Waals surface area contributed by atoms with Crippen molar-refractivity contribution < 1.29 is 5.11 Å². The first kappa shape index (κ1) is 17.8. The number of aromatic nitrogens is 6. The van der Waals surface area contributed by atoms with E-state index in [2.05, 4.69) is 20.4 Å². The molecule has 0 aliphatic heterocycles. The Bertz CT molecular complexity index is 1150. The molecule has 0 radical (unpaired) electrons. The number of aliphatic hydroxyl groups is 1. The highest BCUT2D eigenvalue weighted by atomic mass is 16.3. The largest absolute Gasteiger partial charge is 0.393 e. The van der Waals surface area contributed by atoms with Crippen molar-refractivity contribution in [2.45, 2.75) is 44.8 Å². The number of hydrogen-bond acceptors (Lipinski definition) is 6. The first-order valence-electron chi connectivity index (χ1n) is 9.93. The van der Waals surface area contributed by atoms with Gasteiger partial charge in [0.2, 0.25) is 0 Å². The van der Waals surface area contributed by atoms with Crippen molar-refractivity contribution in [2.24, 2.45) is 0 Å². The molecule has 2 atom stereocenters. The molecule has 1 aliphatic carbocycles. The van der Waals surface area contributed by atoms with Crippen molar-refractivity contribution in [2.75, 3.05) is 5.32 Å². The molecule has 2 N–H and O–H groups in total. The predicted molar refractivity (Wildman–Crippen MR) is 110 cm³/mol. The Morgan fingerprint density at radius 3 is 2.90 bits per heavy atom. The lowest BCUT2D eigenvalue weighted by atomic mass is 9.93. The number of nitrogens with one attached hydrogen (secondary N) is 1. The minimum absolute atomic E-state index is 0.225. The third-order valence-corrected chi connectivity index (χ3v) is 5.36. The van der Waals surface area contributed by atoms with E-state index in [1.807, 2.05) is 48.0 Å². The van der Waals surface area contributed by atoms with Crippen LogP contribution in [0.15, 0.2) is 49.1 Å². The fourth-order valence-corrected chi connectivity index (χ4v) is 3.89. The average Bonchev–Trinajstić information content (AvgIpc) is 3.34.